The van der Waals surface area contributed by atoms with Gasteiger partial charge < -0.3 is 21.3 Å². The van der Waals surface area contributed by atoms with Gasteiger partial charge in [-0.05, 0) is 24.3 Å². The summed E-state index contributed by atoms with van der Waals surface area (Å²) in [5.41, 5.74) is -0.623. The fourth-order valence-corrected chi connectivity index (χ4v) is 2.34. The number of rotatable bonds is 5. The molecule has 0 aliphatic rings. The van der Waals surface area contributed by atoms with Crippen LogP contribution in [0.15, 0.2) is 65.5 Å². The molecule has 9 heteroatoms. The lowest BCUT2D eigenvalue weighted by atomic mass is 10.2. The normalized spacial score (nSPS) is 10.3. The van der Waals surface area contributed by atoms with Gasteiger partial charge in [-0.15, -0.1) is 4.79 Å². The molecule has 0 fully saturated rings. The first-order valence-electron chi connectivity index (χ1n) is 7.98. The second-order valence-corrected chi connectivity index (χ2v) is 5.55. The number of aromatic nitrogens is 2. The number of anilines is 2. The zero-order valence-electron chi connectivity index (χ0n) is 14.4. The van der Waals surface area contributed by atoms with E-state index in [2.05, 4.69) is 10.6 Å². The molecule has 0 saturated heterocycles. The van der Waals surface area contributed by atoms with E-state index in [9.17, 15) is 14.4 Å². The van der Waals surface area contributed by atoms with Crippen molar-refractivity contribution in [2.75, 3.05) is 16.5 Å². The van der Waals surface area contributed by atoms with Crippen molar-refractivity contribution < 1.29 is 14.4 Å². The summed E-state index contributed by atoms with van der Waals surface area (Å²) >= 11 is 0. The Balaban J connectivity index is 2.02. The van der Waals surface area contributed by atoms with Gasteiger partial charge in [0, 0.05) is 12.5 Å². The van der Waals surface area contributed by atoms with Gasteiger partial charge in [0.2, 0.25) is 11.7 Å². The fraction of sp³-hybridized carbons (Fsp3) is 0.0556. The Hall–Kier alpha value is -4.01. The SMILES string of the molecule is CC(=O)Nc1c(NC(=O)c2ccccc2)c(=O)n(N)n1Oc1ccccc1. The van der Waals surface area contributed by atoms with Crippen LogP contribution in [0.25, 0.3) is 0 Å². The average molecular weight is 367 g/mol. The van der Waals surface area contributed by atoms with E-state index in [1.165, 1.54) is 6.92 Å². The molecule has 9 nitrogen and oxygen atoms in total. The van der Waals surface area contributed by atoms with Crippen LogP contribution < -0.4 is 26.9 Å². The Labute approximate surface area is 153 Å². The molecule has 27 heavy (non-hydrogen) atoms. The number of nitrogens with zero attached hydrogens (tertiary/aromatic N) is 2. The zero-order chi connectivity index (χ0) is 19.4. The fourth-order valence-electron chi connectivity index (χ4n) is 2.34. The molecule has 3 aromatic rings. The van der Waals surface area contributed by atoms with Crippen LogP contribution in [-0.2, 0) is 4.79 Å². The van der Waals surface area contributed by atoms with Crippen LogP contribution in [0.3, 0.4) is 0 Å². The second-order valence-electron chi connectivity index (χ2n) is 5.55. The van der Waals surface area contributed by atoms with Gasteiger partial charge in [0.15, 0.2) is 11.4 Å². The largest absolute Gasteiger partial charge is 0.356 e. The molecule has 4 N–H and O–H groups in total. The van der Waals surface area contributed by atoms with E-state index in [1.807, 2.05) is 0 Å². The Morgan fingerprint density at radius 3 is 2.15 bits per heavy atom. The molecule has 0 saturated carbocycles. The summed E-state index contributed by atoms with van der Waals surface area (Å²) in [4.78, 5) is 43.7. The molecule has 1 aromatic heterocycles. The van der Waals surface area contributed by atoms with Gasteiger partial charge in [-0.2, -0.15) is 0 Å². The highest BCUT2D eigenvalue weighted by molar-refractivity contribution is 6.06. The quantitative estimate of drug-likeness (QED) is 0.589. The minimum atomic E-state index is -0.751. The van der Waals surface area contributed by atoms with Gasteiger partial charge >= 0.3 is 5.56 Å². The molecular weight excluding hydrogens is 350 g/mol. The number of hydrogen-bond donors (Lipinski definition) is 3. The third kappa shape index (κ3) is 3.82. The van der Waals surface area contributed by atoms with E-state index in [0.717, 1.165) is 4.85 Å². The summed E-state index contributed by atoms with van der Waals surface area (Å²) < 4.78 is 0. The molecule has 0 aliphatic carbocycles. The topological polar surface area (TPSA) is 120 Å². The van der Waals surface area contributed by atoms with E-state index < -0.39 is 17.4 Å². The summed E-state index contributed by atoms with van der Waals surface area (Å²) in [6.45, 7) is 1.26. The highest BCUT2D eigenvalue weighted by atomic mass is 16.7. The number of amides is 2. The highest BCUT2D eigenvalue weighted by Crippen LogP contribution is 2.21. The zero-order valence-corrected chi connectivity index (χ0v) is 14.4. The standard InChI is InChI=1S/C18H17N5O4/c1-12(24)20-16-15(21-17(25)13-8-4-2-5-9-13)18(26)22(19)23(16)27-14-10-6-3-7-11-14/h2-11H,19H2,1H3,(H,20,24)(H,21,25). The molecule has 0 bridgehead atoms. The minimum Gasteiger partial charge on any atom is -0.356 e. The van der Waals surface area contributed by atoms with Crippen LogP contribution in [-0.4, -0.2) is 21.5 Å². The Morgan fingerprint density at radius 2 is 1.56 bits per heavy atom. The van der Waals surface area contributed by atoms with E-state index in [-0.39, 0.29) is 11.5 Å². The molecule has 0 atom stereocenters. The van der Waals surface area contributed by atoms with Gasteiger partial charge in [0.05, 0.1) is 0 Å². The molecule has 1 heterocycles. The lowest BCUT2D eigenvalue weighted by Gasteiger charge is -2.12. The lowest BCUT2D eigenvalue weighted by molar-refractivity contribution is -0.114. The van der Waals surface area contributed by atoms with Crippen molar-refractivity contribution in [2.24, 2.45) is 0 Å². The summed E-state index contributed by atoms with van der Waals surface area (Å²) in [7, 11) is 0. The second kappa shape index (κ2) is 7.48. The van der Waals surface area contributed by atoms with Crippen molar-refractivity contribution in [2.45, 2.75) is 6.92 Å². The average Bonchev–Trinajstić information content (AvgIpc) is 2.88. The van der Waals surface area contributed by atoms with Crippen LogP contribution in [0.5, 0.6) is 5.75 Å². The van der Waals surface area contributed by atoms with Crippen LogP contribution in [0.4, 0.5) is 11.5 Å². The Morgan fingerprint density at radius 1 is 0.963 bits per heavy atom. The first kappa shape index (κ1) is 17.8. The molecular formula is C18H17N5O4. The third-order valence-electron chi connectivity index (χ3n) is 3.55. The summed E-state index contributed by atoms with van der Waals surface area (Å²) in [6, 6.07) is 16.9. The summed E-state index contributed by atoms with van der Waals surface area (Å²) in [6.07, 6.45) is 0. The summed E-state index contributed by atoms with van der Waals surface area (Å²) in [5.74, 6) is 5.06. The maximum Gasteiger partial charge on any atom is 0.314 e. The number of nitrogens with two attached hydrogens (primary N) is 1. The van der Waals surface area contributed by atoms with Crippen molar-refractivity contribution in [1.29, 1.82) is 0 Å². The smallest absolute Gasteiger partial charge is 0.314 e. The molecule has 2 amide bonds. The predicted molar refractivity (Wildman–Crippen MR) is 100 cm³/mol. The van der Waals surface area contributed by atoms with E-state index in [0.29, 0.717) is 16.1 Å². The number of nitrogens with one attached hydrogen (secondary N) is 2. The molecule has 138 valence electrons. The molecule has 0 aliphatic heterocycles. The summed E-state index contributed by atoms with van der Waals surface area (Å²) in [5, 5.41) is 4.94. The van der Waals surface area contributed by atoms with Gasteiger partial charge in [0.1, 0.15) is 0 Å². The third-order valence-corrected chi connectivity index (χ3v) is 3.55. The van der Waals surface area contributed by atoms with Gasteiger partial charge in [-0.1, -0.05) is 41.2 Å². The van der Waals surface area contributed by atoms with Crippen molar-refractivity contribution in [3.63, 3.8) is 0 Å². The number of para-hydroxylation sites is 1. The molecule has 3 rings (SSSR count). The maximum absolute atomic E-state index is 12.5. The van der Waals surface area contributed by atoms with Crippen LogP contribution in [0, 0.1) is 0 Å². The monoisotopic (exact) mass is 367 g/mol. The van der Waals surface area contributed by atoms with Crippen LogP contribution >= 0.6 is 0 Å². The number of benzene rings is 2. The molecule has 0 spiro atoms. The van der Waals surface area contributed by atoms with Crippen molar-refractivity contribution in [1.82, 2.24) is 9.64 Å². The van der Waals surface area contributed by atoms with E-state index in [1.54, 1.807) is 60.7 Å². The molecule has 0 unspecified atom stereocenters. The number of hydrogen-bond acceptors (Lipinski definition) is 5. The Bertz CT molecular complexity index is 1030. The van der Waals surface area contributed by atoms with Gasteiger partial charge in [-0.25, -0.2) is 0 Å². The molecule has 0 radical (unpaired) electrons. The number of carbonyl (C=O) groups is 2. The van der Waals surface area contributed by atoms with Crippen molar-refractivity contribution >= 4 is 23.3 Å². The van der Waals surface area contributed by atoms with E-state index in [4.69, 9.17) is 10.7 Å². The van der Waals surface area contributed by atoms with E-state index >= 15 is 0 Å². The van der Waals surface area contributed by atoms with Crippen molar-refractivity contribution in [3.8, 4) is 5.75 Å². The van der Waals surface area contributed by atoms with Crippen LogP contribution in [0.1, 0.15) is 17.3 Å². The van der Waals surface area contributed by atoms with Gasteiger partial charge in [-0.3, -0.25) is 14.4 Å². The minimum absolute atomic E-state index is 0.0943. The highest BCUT2D eigenvalue weighted by Gasteiger charge is 2.24. The predicted octanol–water partition coefficient (Wildman–Crippen LogP) is 1.42. The van der Waals surface area contributed by atoms with Crippen LogP contribution in [0.2, 0.25) is 0 Å². The van der Waals surface area contributed by atoms with Crippen molar-refractivity contribution in [3.05, 3.63) is 76.6 Å². The molecule has 2 aromatic carbocycles. The first-order chi connectivity index (χ1) is 13.0. The van der Waals surface area contributed by atoms with Gasteiger partial charge in [0.25, 0.3) is 5.91 Å². The Kier molecular flexibility index (Phi) is 4.93. The lowest BCUT2D eigenvalue weighted by Crippen LogP contribution is -2.33. The number of nitrogen functional groups attached to an aromatic ring is 1. The first-order valence-corrected chi connectivity index (χ1v) is 7.98. The maximum atomic E-state index is 12.5. The number of carbonyl (C=O) groups excluding carboxylic acids is 2.